The minimum absolute atomic E-state index is 0.594. The van der Waals surface area contributed by atoms with Crippen LogP contribution in [0.15, 0.2) is 132 Å². The normalized spacial score (nSPS) is 12.0. The quantitative estimate of drug-likeness (QED) is 0.199. The fraction of sp³-hybridized carbons (Fsp3) is 0. The van der Waals surface area contributed by atoms with Crippen LogP contribution in [-0.4, -0.2) is 15.0 Å². The van der Waals surface area contributed by atoms with Gasteiger partial charge in [0, 0.05) is 62.2 Å². The molecule has 0 aliphatic heterocycles. The van der Waals surface area contributed by atoms with Crippen LogP contribution in [0.2, 0.25) is 0 Å². The highest BCUT2D eigenvalue weighted by atomic mass is 32.1. The van der Waals surface area contributed by atoms with E-state index < -0.39 is 0 Å². The van der Waals surface area contributed by atoms with E-state index in [1.54, 1.807) is 22.7 Å². The molecule has 210 valence electrons. The van der Waals surface area contributed by atoms with Gasteiger partial charge in [0.2, 0.25) is 0 Å². The lowest BCUT2D eigenvalue weighted by Crippen LogP contribution is -2.00. The average molecular weight is 612 g/mol. The van der Waals surface area contributed by atoms with Crippen molar-refractivity contribution in [2.45, 2.75) is 0 Å². The van der Waals surface area contributed by atoms with E-state index in [4.69, 9.17) is 19.4 Å². The SMILES string of the molecule is c1ccc(-c2nc(-c3ccc4c(c3)sc3ccccc34)nc(-c3cc4c5ccccc5sc4c4c3oc3ccccc34)n2)cc1. The second kappa shape index (κ2) is 9.53. The smallest absolute Gasteiger partial charge is 0.167 e. The first kappa shape index (κ1) is 25.0. The molecule has 0 spiro atoms. The lowest BCUT2D eigenvalue weighted by Gasteiger charge is -2.09. The van der Waals surface area contributed by atoms with Gasteiger partial charge in [-0.2, -0.15) is 0 Å². The molecule has 10 aromatic rings. The maximum atomic E-state index is 6.63. The Hall–Kier alpha value is -5.43. The van der Waals surface area contributed by atoms with E-state index in [9.17, 15) is 0 Å². The third-order valence-corrected chi connectivity index (χ3v) is 10.9. The van der Waals surface area contributed by atoms with Gasteiger partial charge in [0.25, 0.3) is 0 Å². The van der Waals surface area contributed by atoms with Gasteiger partial charge < -0.3 is 4.42 Å². The van der Waals surface area contributed by atoms with Crippen LogP contribution in [0.25, 0.3) is 96.4 Å². The number of fused-ring (bicyclic) bond motifs is 10. The highest BCUT2D eigenvalue weighted by molar-refractivity contribution is 7.27. The average Bonchev–Trinajstić information content (AvgIpc) is 3.79. The number of aromatic nitrogens is 3. The van der Waals surface area contributed by atoms with Crippen molar-refractivity contribution >= 4 is 85.0 Å². The number of furan rings is 1. The Morgan fingerprint density at radius 3 is 1.89 bits per heavy atom. The fourth-order valence-corrected chi connectivity index (χ4v) is 8.82. The van der Waals surface area contributed by atoms with Crippen molar-refractivity contribution in [2.24, 2.45) is 0 Å². The number of rotatable bonds is 3. The summed E-state index contributed by atoms with van der Waals surface area (Å²) in [5.41, 5.74) is 4.41. The predicted octanol–water partition coefficient (Wildman–Crippen LogP) is 11.5. The third-order valence-electron chi connectivity index (χ3n) is 8.53. The number of nitrogens with zero attached hydrogens (tertiary/aromatic N) is 3. The zero-order valence-electron chi connectivity index (χ0n) is 23.7. The zero-order valence-corrected chi connectivity index (χ0v) is 25.3. The van der Waals surface area contributed by atoms with Crippen LogP contribution in [0.5, 0.6) is 0 Å². The van der Waals surface area contributed by atoms with Gasteiger partial charge in [0.15, 0.2) is 17.5 Å². The molecule has 0 bridgehead atoms. The number of para-hydroxylation sites is 1. The molecule has 4 nitrogen and oxygen atoms in total. The van der Waals surface area contributed by atoms with Crippen LogP contribution in [0.3, 0.4) is 0 Å². The summed E-state index contributed by atoms with van der Waals surface area (Å²) in [4.78, 5) is 15.3. The Labute approximate surface area is 264 Å². The van der Waals surface area contributed by atoms with Gasteiger partial charge in [0.05, 0.1) is 5.56 Å². The van der Waals surface area contributed by atoms with Crippen molar-refractivity contribution in [1.29, 1.82) is 0 Å². The van der Waals surface area contributed by atoms with Crippen molar-refractivity contribution in [3.8, 4) is 34.2 Å². The standard InChI is InChI=1S/C39H21N3OS2/c1-2-10-22(11-3-1)37-40-38(23-18-19-26-24-12-5-8-16-31(24)44-33(26)20-23)42-39(41-37)29-21-28-25-13-6-9-17-32(25)45-36(28)34-27-14-4-7-15-30(27)43-35(29)34/h1-21H. The zero-order chi connectivity index (χ0) is 29.5. The molecule has 10 rings (SSSR count). The summed E-state index contributed by atoms with van der Waals surface area (Å²) in [6, 6.07) is 44.3. The second-order valence-corrected chi connectivity index (χ2v) is 13.3. The first-order chi connectivity index (χ1) is 22.3. The van der Waals surface area contributed by atoms with Crippen LogP contribution in [-0.2, 0) is 0 Å². The molecule has 0 aliphatic rings. The van der Waals surface area contributed by atoms with E-state index >= 15 is 0 Å². The molecule has 4 heterocycles. The van der Waals surface area contributed by atoms with Gasteiger partial charge in [0.1, 0.15) is 11.2 Å². The molecule has 0 fully saturated rings. The minimum Gasteiger partial charge on any atom is -0.455 e. The molecule has 4 aromatic heterocycles. The summed E-state index contributed by atoms with van der Waals surface area (Å²) in [5, 5.41) is 7.12. The van der Waals surface area contributed by atoms with Crippen molar-refractivity contribution in [3.63, 3.8) is 0 Å². The third kappa shape index (κ3) is 3.80. The Morgan fingerprint density at radius 2 is 1.07 bits per heavy atom. The second-order valence-electron chi connectivity index (χ2n) is 11.2. The van der Waals surface area contributed by atoms with Crippen LogP contribution in [0, 0.1) is 0 Å². The van der Waals surface area contributed by atoms with Crippen LogP contribution < -0.4 is 0 Å². The van der Waals surface area contributed by atoms with Gasteiger partial charge in [-0.05, 0) is 30.3 Å². The fourth-order valence-electron chi connectivity index (χ4n) is 6.44. The molecule has 0 N–H and O–H groups in total. The number of hydrogen-bond acceptors (Lipinski definition) is 6. The predicted molar refractivity (Wildman–Crippen MR) is 189 cm³/mol. The molecule has 6 heteroatoms. The molecule has 0 unspecified atom stereocenters. The summed E-state index contributed by atoms with van der Waals surface area (Å²) >= 11 is 3.60. The molecular weight excluding hydrogens is 591 g/mol. The minimum atomic E-state index is 0.594. The largest absolute Gasteiger partial charge is 0.455 e. The Bertz CT molecular complexity index is 2770. The van der Waals surface area contributed by atoms with Gasteiger partial charge in [-0.15, -0.1) is 22.7 Å². The summed E-state index contributed by atoms with van der Waals surface area (Å²) < 4.78 is 11.6. The van der Waals surface area contributed by atoms with E-state index in [-0.39, 0.29) is 0 Å². The molecule has 0 radical (unpaired) electrons. The molecule has 0 atom stereocenters. The number of benzene rings is 6. The maximum Gasteiger partial charge on any atom is 0.167 e. The molecule has 0 amide bonds. The number of thiophene rings is 2. The molecule has 6 aromatic carbocycles. The highest BCUT2D eigenvalue weighted by Crippen LogP contribution is 2.46. The van der Waals surface area contributed by atoms with Gasteiger partial charge in [-0.1, -0.05) is 97.1 Å². The topological polar surface area (TPSA) is 51.8 Å². The summed E-state index contributed by atoms with van der Waals surface area (Å²) in [7, 11) is 0. The first-order valence-electron chi connectivity index (χ1n) is 14.8. The van der Waals surface area contributed by atoms with Crippen molar-refractivity contribution in [3.05, 3.63) is 127 Å². The summed E-state index contributed by atoms with van der Waals surface area (Å²) in [6.07, 6.45) is 0. The van der Waals surface area contributed by atoms with Crippen molar-refractivity contribution in [2.75, 3.05) is 0 Å². The van der Waals surface area contributed by atoms with Crippen molar-refractivity contribution < 1.29 is 4.42 Å². The maximum absolute atomic E-state index is 6.63. The number of hydrogen-bond donors (Lipinski definition) is 0. The summed E-state index contributed by atoms with van der Waals surface area (Å²) in [5.74, 6) is 1.86. The monoisotopic (exact) mass is 611 g/mol. The van der Waals surface area contributed by atoms with E-state index in [0.29, 0.717) is 17.5 Å². The van der Waals surface area contributed by atoms with E-state index in [1.165, 1.54) is 40.3 Å². The van der Waals surface area contributed by atoms with E-state index in [0.717, 1.165) is 38.6 Å². The molecule has 0 aliphatic carbocycles. The Morgan fingerprint density at radius 1 is 0.444 bits per heavy atom. The van der Waals surface area contributed by atoms with Crippen LogP contribution >= 0.6 is 22.7 Å². The van der Waals surface area contributed by atoms with Gasteiger partial charge in [-0.25, -0.2) is 15.0 Å². The Balaban J connectivity index is 1.29. The lowest BCUT2D eigenvalue weighted by atomic mass is 10.0. The van der Waals surface area contributed by atoms with Crippen LogP contribution in [0.1, 0.15) is 0 Å². The highest BCUT2D eigenvalue weighted by Gasteiger charge is 2.22. The molecule has 45 heavy (non-hydrogen) atoms. The van der Waals surface area contributed by atoms with E-state index in [1.807, 2.05) is 42.5 Å². The lowest BCUT2D eigenvalue weighted by molar-refractivity contribution is 0.670. The first-order valence-corrected chi connectivity index (χ1v) is 16.4. The molecule has 0 saturated carbocycles. The molecular formula is C39H21N3OS2. The van der Waals surface area contributed by atoms with E-state index in [2.05, 4.69) is 84.9 Å². The van der Waals surface area contributed by atoms with Gasteiger partial charge >= 0.3 is 0 Å². The summed E-state index contributed by atoms with van der Waals surface area (Å²) in [6.45, 7) is 0. The Kier molecular flexibility index (Phi) is 5.29. The van der Waals surface area contributed by atoms with Crippen LogP contribution in [0.4, 0.5) is 0 Å². The van der Waals surface area contributed by atoms with Crippen molar-refractivity contribution in [1.82, 2.24) is 15.0 Å². The van der Waals surface area contributed by atoms with Gasteiger partial charge in [-0.3, -0.25) is 0 Å². The molecule has 0 saturated heterocycles.